The summed E-state index contributed by atoms with van der Waals surface area (Å²) in [5.41, 5.74) is 3.81. The van der Waals surface area contributed by atoms with Crippen LogP contribution in [-0.2, 0) is 0 Å². The molecule has 2 aromatic rings. The molecule has 5 heteroatoms. The number of nitrogens with zero attached hydrogens (tertiary/aromatic N) is 3. The first kappa shape index (κ1) is 12.3. The van der Waals surface area contributed by atoms with E-state index in [9.17, 15) is 4.79 Å². The third kappa shape index (κ3) is 2.25. The van der Waals surface area contributed by atoms with E-state index in [1.165, 1.54) is 0 Å². The van der Waals surface area contributed by atoms with Crippen molar-refractivity contribution < 1.29 is 4.79 Å². The van der Waals surface area contributed by atoms with E-state index >= 15 is 0 Å². The van der Waals surface area contributed by atoms with Gasteiger partial charge in [-0.15, -0.1) is 0 Å². The summed E-state index contributed by atoms with van der Waals surface area (Å²) >= 11 is 0. The van der Waals surface area contributed by atoms with Crippen LogP contribution in [0.4, 0.5) is 0 Å². The smallest absolute Gasteiger partial charge is 0.257 e. The Morgan fingerprint density at radius 3 is 2.89 bits per heavy atom. The van der Waals surface area contributed by atoms with Crippen molar-refractivity contribution in [3.8, 4) is 0 Å². The van der Waals surface area contributed by atoms with Gasteiger partial charge >= 0.3 is 0 Å². The van der Waals surface area contributed by atoms with Crippen molar-refractivity contribution in [1.82, 2.24) is 19.9 Å². The molecule has 0 fully saturated rings. The molecule has 0 radical (unpaired) electrons. The molecule has 0 aromatic carbocycles. The first-order valence-electron chi connectivity index (χ1n) is 5.73. The Hall–Kier alpha value is -2.17. The van der Waals surface area contributed by atoms with Crippen LogP contribution in [0.15, 0.2) is 24.4 Å². The molecule has 1 N–H and O–H groups in total. The van der Waals surface area contributed by atoms with E-state index in [2.05, 4.69) is 22.0 Å². The zero-order chi connectivity index (χ0) is 13.3. The molecule has 0 aliphatic carbocycles. The highest BCUT2D eigenvalue weighted by atomic mass is 16.1. The standard InChI is InChI=1S/C13H16N4O/c1-8(2)6-14-13(18)11-7-15-17-10(4)5-9(3)16-12(11)17/h5,7H,1,6H2,2-4H3,(H,14,18). The van der Waals surface area contributed by atoms with Crippen LogP contribution >= 0.6 is 0 Å². The highest BCUT2D eigenvalue weighted by Gasteiger charge is 2.14. The van der Waals surface area contributed by atoms with E-state index in [0.717, 1.165) is 17.0 Å². The molecule has 0 spiro atoms. The van der Waals surface area contributed by atoms with Crippen molar-refractivity contribution in [1.29, 1.82) is 0 Å². The van der Waals surface area contributed by atoms with Gasteiger partial charge in [-0.25, -0.2) is 9.50 Å². The molecule has 2 aromatic heterocycles. The van der Waals surface area contributed by atoms with Crippen molar-refractivity contribution in [3.63, 3.8) is 0 Å². The zero-order valence-electron chi connectivity index (χ0n) is 10.8. The van der Waals surface area contributed by atoms with Crippen LogP contribution in [0.25, 0.3) is 5.65 Å². The highest BCUT2D eigenvalue weighted by molar-refractivity contribution is 5.99. The molecule has 0 atom stereocenters. The maximum atomic E-state index is 12.0. The van der Waals surface area contributed by atoms with Crippen LogP contribution in [0, 0.1) is 13.8 Å². The summed E-state index contributed by atoms with van der Waals surface area (Å²) < 4.78 is 1.67. The lowest BCUT2D eigenvalue weighted by Gasteiger charge is -2.04. The van der Waals surface area contributed by atoms with Crippen LogP contribution in [-0.4, -0.2) is 27.0 Å². The van der Waals surface area contributed by atoms with Crippen LogP contribution in [0.5, 0.6) is 0 Å². The summed E-state index contributed by atoms with van der Waals surface area (Å²) in [5, 5.41) is 6.96. The molecule has 0 aliphatic heterocycles. The fourth-order valence-electron chi connectivity index (χ4n) is 1.76. The van der Waals surface area contributed by atoms with Crippen molar-refractivity contribution >= 4 is 11.6 Å². The fraction of sp³-hybridized carbons (Fsp3) is 0.308. The molecule has 94 valence electrons. The zero-order valence-corrected chi connectivity index (χ0v) is 10.8. The summed E-state index contributed by atoms with van der Waals surface area (Å²) in [6.45, 7) is 9.90. The Bertz CT molecular complexity index is 627. The Morgan fingerprint density at radius 2 is 2.22 bits per heavy atom. The fourth-order valence-corrected chi connectivity index (χ4v) is 1.76. The van der Waals surface area contributed by atoms with Gasteiger partial charge in [0.15, 0.2) is 5.65 Å². The monoisotopic (exact) mass is 244 g/mol. The van der Waals surface area contributed by atoms with E-state index < -0.39 is 0 Å². The molecule has 0 unspecified atom stereocenters. The number of fused-ring (bicyclic) bond motifs is 1. The summed E-state index contributed by atoms with van der Waals surface area (Å²) in [6.07, 6.45) is 1.54. The van der Waals surface area contributed by atoms with Crippen LogP contribution in [0.1, 0.15) is 28.7 Å². The molecular formula is C13H16N4O. The lowest BCUT2D eigenvalue weighted by atomic mass is 10.2. The predicted molar refractivity (Wildman–Crippen MR) is 69.6 cm³/mol. The van der Waals surface area contributed by atoms with Gasteiger partial charge in [0.25, 0.3) is 5.91 Å². The van der Waals surface area contributed by atoms with E-state index in [0.29, 0.717) is 17.8 Å². The minimum absolute atomic E-state index is 0.175. The molecule has 0 saturated carbocycles. The van der Waals surface area contributed by atoms with E-state index in [1.54, 1.807) is 10.7 Å². The first-order valence-corrected chi connectivity index (χ1v) is 5.73. The molecule has 0 aliphatic rings. The molecule has 0 saturated heterocycles. The molecule has 1 amide bonds. The molecule has 0 bridgehead atoms. The second-order valence-corrected chi connectivity index (χ2v) is 4.47. The Kier molecular flexibility index (Phi) is 3.14. The van der Waals surface area contributed by atoms with Gasteiger partial charge in [-0.1, -0.05) is 12.2 Å². The number of hydrogen-bond acceptors (Lipinski definition) is 3. The first-order chi connectivity index (χ1) is 8.49. The number of rotatable bonds is 3. The van der Waals surface area contributed by atoms with Gasteiger partial charge in [0, 0.05) is 17.9 Å². The number of carbonyl (C=O) groups excluding carboxylic acids is 1. The maximum Gasteiger partial charge on any atom is 0.257 e. The number of aromatic nitrogens is 3. The number of carbonyl (C=O) groups is 1. The van der Waals surface area contributed by atoms with Crippen molar-refractivity contribution in [3.05, 3.63) is 41.4 Å². The van der Waals surface area contributed by atoms with Gasteiger partial charge in [-0.05, 0) is 26.8 Å². The number of aryl methyl sites for hydroxylation is 2. The number of amides is 1. The average Bonchev–Trinajstić information content (AvgIpc) is 2.69. The molecule has 2 rings (SSSR count). The maximum absolute atomic E-state index is 12.0. The lowest BCUT2D eigenvalue weighted by Crippen LogP contribution is -2.24. The van der Waals surface area contributed by atoms with Crippen molar-refractivity contribution in [2.75, 3.05) is 6.54 Å². The predicted octanol–water partition coefficient (Wildman–Crippen LogP) is 1.65. The van der Waals surface area contributed by atoms with Crippen molar-refractivity contribution in [2.45, 2.75) is 20.8 Å². The Balaban J connectivity index is 2.40. The topological polar surface area (TPSA) is 59.3 Å². The van der Waals surface area contributed by atoms with Gasteiger partial charge in [0.2, 0.25) is 0 Å². The van der Waals surface area contributed by atoms with Gasteiger partial charge in [0.1, 0.15) is 5.56 Å². The molecule has 18 heavy (non-hydrogen) atoms. The third-order valence-electron chi connectivity index (χ3n) is 2.57. The average molecular weight is 244 g/mol. The highest BCUT2D eigenvalue weighted by Crippen LogP contribution is 2.11. The van der Waals surface area contributed by atoms with Crippen LogP contribution < -0.4 is 5.32 Å². The van der Waals surface area contributed by atoms with Gasteiger partial charge in [-0.3, -0.25) is 4.79 Å². The summed E-state index contributed by atoms with van der Waals surface area (Å²) in [5.74, 6) is -0.175. The number of nitrogens with one attached hydrogen (secondary N) is 1. The largest absolute Gasteiger partial charge is 0.348 e. The lowest BCUT2D eigenvalue weighted by molar-refractivity contribution is 0.0958. The summed E-state index contributed by atoms with van der Waals surface area (Å²) in [4.78, 5) is 16.4. The molecule has 2 heterocycles. The Morgan fingerprint density at radius 1 is 1.50 bits per heavy atom. The second-order valence-electron chi connectivity index (χ2n) is 4.47. The number of hydrogen-bond donors (Lipinski definition) is 1. The summed E-state index contributed by atoms with van der Waals surface area (Å²) in [7, 11) is 0. The van der Waals surface area contributed by atoms with Crippen molar-refractivity contribution in [2.24, 2.45) is 0 Å². The SMILES string of the molecule is C=C(C)CNC(=O)c1cnn2c(C)cc(C)nc12. The van der Waals surface area contributed by atoms with E-state index in [1.807, 2.05) is 26.8 Å². The molecule has 5 nitrogen and oxygen atoms in total. The van der Waals surface area contributed by atoms with E-state index in [-0.39, 0.29) is 5.91 Å². The minimum Gasteiger partial charge on any atom is -0.348 e. The van der Waals surface area contributed by atoms with Crippen LogP contribution in [0.2, 0.25) is 0 Å². The Labute approximate surface area is 106 Å². The van der Waals surface area contributed by atoms with Crippen LogP contribution in [0.3, 0.4) is 0 Å². The minimum atomic E-state index is -0.175. The summed E-state index contributed by atoms with van der Waals surface area (Å²) in [6, 6.07) is 1.93. The van der Waals surface area contributed by atoms with Gasteiger partial charge in [-0.2, -0.15) is 5.10 Å². The van der Waals surface area contributed by atoms with Gasteiger partial charge < -0.3 is 5.32 Å². The normalized spacial score (nSPS) is 10.6. The third-order valence-corrected chi connectivity index (χ3v) is 2.57. The van der Waals surface area contributed by atoms with E-state index in [4.69, 9.17) is 0 Å². The second kappa shape index (κ2) is 4.60. The quantitative estimate of drug-likeness (QED) is 0.835. The van der Waals surface area contributed by atoms with Gasteiger partial charge in [0.05, 0.1) is 6.20 Å². The molecular weight excluding hydrogens is 228 g/mol.